The Kier molecular flexibility index (Phi) is 6.15. The van der Waals surface area contributed by atoms with Gasteiger partial charge in [0.15, 0.2) is 0 Å². The number of hydrogen-bond donors (Lipinski definition) is 0. The molecule has 0 saturated heterocycles. The van der Waals surface area contributed by atoms with Gasteiger partial charge in [0.05, 0.1) is 0 Å². The third-order valence-electron chi connectivity index (χ3n) is 8.34. The fourth-order valence-corrected chi connectivity index (χ4v) is 6.73. The van der Waals surface area contributed by atoms with Gasteiger partial charge in [-0.2, -0.15) is 0 Å². The molecule has 192 valence electrons. The van der Waals surface area contributed by atoms with Crippen molar-refractivity contribution in [3.8, 4) is 11.1 Å². The van der Waals surface area contributed by atoms with E-state index in [4.69, 9.17) is 0 Å². The Labute approximate surface area is 231 Å². The van der Waals surface area contributed by atoms with Crippen LogP contribution in [0.25, 0.3) is 65.0 Å². The van der Waals surface area contributed by atoms with Crippen molar-refractivity contribution in [2.75, 3.05) is 0 Å². The number of hydrogen-bond acceptors (Lipinski definition) is 0. The van der Waals surface area contributed by atoms with Gasteiger partial charge in [-0.15, -0.1) is 0 Å². The van der Waals surface area contributed by atoms with Crippen molar-refractivity contribution in [1.29, 1.82) is 0 Å². The molecule has 0 fully saturated rings. The highest BCUT2D eigenvalue weighted by molar-refractivity contribution is 6.20. The molecule has 0 spiro atoms. The van der Waals surface area contributed by atoms with Crippen LogP contribution in [-0.4, -0.2) is 0 Å². The molecule has 0 amide bonds. The summed E-state index contributed by atoms with van der Waals surface area (Å²) in [5.41, 5.74) is 5.63. The first-order valence-electron chi connectivity index (χ1n) is 14.5. The standard InChI is InChI=1S/C35H24.2C2H6/c1-35(2)32-19-24-16-15-23-17-21-9-3-4-10-22(21)18-29(23)30(24)20-31(32)33-27-13-7-5-11-25(27)26-12-6-8-14-28(26)34(33)35;2*1-2/h3-20H,1-2H3;2*1-2H3. The van der Waals surface area contributed by atoms with Crippen LogP contribution in [0, 0.1) is 0 Å². The Hall–Kier alpha value is -4.16. The quantitative estimate of drug-likeness (QED) is 0.142. The van der Waals surface area contributed by atoms with Crippen LogP contribution in [0.3, 0.4) is 0 Å². The summed E-state index contributed by atoms with van der Waals surface area (Å²) in [5.74, 6) is 0. The van der Waals surface area contributed by atoms with E-state index < -0.39 is 0 Å². The molecule has 0 nitrogen and oxygen atoms in total. The summed E-state index contributed by atoms with van der Waals surface area (Å²) in [6.45, 7) is 12.8. The molecule has 1 aliphatic rings. The van der Waals surface area contributed by atoms with Crippen LogP contribution in [-0.2, 0) is 5.41 Å². The number of rotatable bonds is 0. The van der Waals surface area contributed by atoms with E-state index in [9.17, 15) is 0 Å². The summed E-state index contributed by atoms with van der Waals surface area (Å²) in [5, 5.41) is 13.3. The minimum Gasteiger partial charge on any atom is -0.0683 e. The van der Waals surface area contributed by atoms with Crippen molar-refractivity contribution < 1.29 is 0 Å². The Balaban J connectivity index is 0.000000663. The number of benzene rings is 7. The van der Waals surface area contributed by atoms with E-state index in [1.165, 1.54) is 76.1 Å². The first-order chi connectivity index (χ1) is 19.1. The molecule has 0 bridgehead atoms. The lowest BCUT2D eigenvalue weighted by molar-refractivity contribution is 0.667. The molecule has 0 unspecified atom stereocenters. The van der Waals surface area contributed by atoms with Crippen molar-refractivity contribution in [3.63, 3.8) is 0 Å². The van der Waals surface area contributed by atoms with Crippen molar-refractivity contribution in [3.05, 3.63) is 120 Å². The molecular formula is C39H36. The van der Waals surface area contributed by atoms with Gasteiger partial charge in [0, 0.05) is 5.41 Å². The van der Waals surface area contributed by atoms with Gasteiger partial charge < -0.3 is 0 Å². The molecule has 7 aromatic carbocycles. The van der Waals surface area contributed by atoms with E-state index in [0.717, 1.165) is 0 Å². The minimum atomic E-state index is -0.0686. The summed E-state index contributed by atoms with van der Waals surface area (Å²) in [4.78, 5) is 0. The van der Waals surface area contributed by atoms with Crippen LogP contribution in [0.5, 0.6) is 0 Å². The Bertz CT molecular complexity index is 2020. The average molecular weight is 505 g/mol. The van der Waals surface area contributed by atoms with E-state index in [2.05, 4.69) is 123 Å². The van der Waals surface area contributed by atoms with Gasteiger partial charge in [-0.1, -0.05) is 126 Å². The SMILES string of the molecule is CC.CC.CC1(C)c2cc3ccc4cc5ccccc5cc4c3cc2-c2c1c1ccccc1c1ccccc21. The maximum atomic E-state index is 2.48. The normalized spacial score (nSPS) is 13.1. The fraction of sp³-hybridized carbons (Fsp3) is 0.179. The molecule has 39 heavy (non-hydrogen) atoms. The molecule has 7 aromatic rings. The maximum Gasteiger partial charge on any atom is 0.0165 e. The molecule has 0 heteroatoms. The van der Waals surface area contributed by atoms with Gasteiger partial charge >= 0.3 is 0 Å². The second-order valence-corrected chi connectivity index (χ2v) is 10.6. The Morgan fingerprint density at radius 2 is 0.897 bits per heavy atom. The minimum absolute atomic E-state index is 0.0686. The van der Waals surface area contributed by atoms with Gasteiger partial charge in [-0.3, -0.25) is 0 Å². The van der Waals surface area contributed by atoms with Crippen LogP contribution < -0.4 is 0 Å². The third-order valence-corrected chi connectivity index (χ3v) is 8.34. The predicted octanol–water partition coefficient (Wildman–Crippen LogP) is 11.8. The van der Waals surface area contributed by atoms with Crippen molar-refractivity contribution in [2.24, 2.45) is 0 Å². The lowest BCUT2D eigenvalue weighted by Crippen LogP contribution is -2.15. The van der Waals surface area contributed by atoms with E-state index in [1.54, 1.807) is 0 Å². The summed E-state index contributed by atoms with van der Waals surface area (Å²) < 4.78 is 0. The second-order valence-electron chi connectivity index (χ2n) is 10.6. The van der Waals surface area contributed by atoms with Crippen molar-refractivity contribution >= 4 is 53.9 Å². The smallest absolute Gasteiger partial charge is 0.0165 e. The first-order valence-corrected chi connectivity index (χ1v) is 14.5. The van der Waals surface area contributed by atoms with Crippen LogP contribution in [0.1, 0.15) is 52.7 Å². The van der Waals surface area contributed by atoms with E-state index in [1.807, 2.05) is 27.7 Å². The summed E-state index contributed by atoms with van der Waals surface area (Å²) >= 11 is 0. The number of fused-ring (bicyclic) bond motifs is 12. The summed E-state index contributed by atoms with van der Waals surface area (Å²) in [6.07, 6.45) is 0. The van der Waals surface area contributed by atoms with E-state index in [-0.39, 0.29) is 5.41 Å². The van der Waals surface area contributed by atoms with E-state index >= 15 is 0 Å². The largest absolute Gasteiger partial charge is 0.0683 e. The topological polar surface area (TPSA) is 0 Å². The van der Waals surface area contributed by atoms with Crippen LogP contribution in [0.2, 0.25) is 0 Å². The Morgan fingerprint density at radius 1 is 0.410 bits per heavy atom. The highest BCUT2D eigenvalue weighted by atomic mass is 14.4. The molecule has 0 atom stereocenters. The van der Waals surface area contributed by atoms with E-state index in [0.29, 0.717) is 0 Å². The molecule has 1 aliphatic carbocycles. The highest BCUT2D eigenvalue weighted by Gasteiger charge is 2.38. The molecule has 0 aliphatic heterocycles. The van der Waals surface area contributed by atoms with Gasteiger partial charge in [0.25, 0.3) is 0 Å². The molecule has 0 radical (unpaired) electrons. The monoisotopic (exact) mass is 504 g/mol. The second kappa shape index (κ2) is 9.54. The zero-order chi connectivity index (χ0) is 27.3. The summed E-state index contributed by atoms with van der Waals surface area (Å²) in [7, 11) is 0. The Morgan fingerprint density at radius 3 is 1.56 bits per heavy atom. The molecule has 0 N–H and O–H groups in total. The molecule has 8 rings (SSSR count). The van der Waals surface area contributed by atoms with Crippen LogP contribution in [0.15, 0.2) is 109 Å². The third kappa shape index (κ3) is 3.58. The summed E-state index contributed by atoms with van der Waals surface area (Å²) in [6, 6.07) is 40.8. The predicted molar refractivity (Wildman–Crippen MR) is 174 cm³/mol. The van der Waals surface area contributed by atoms with Gasteiger partial charge in [0.2, 0.25) is 0 Å². The first kappa shape index (κ1) is 25.1. The zero-order valence-electron chi connectivity index (χ0n) is 23.9. The molecular weight excluding hydrogens is 468 g/mol. The highest BCUT2D eigenvalue weighted by Crippen LogP contribution is 2.55. The zero-order valence-corrected chi connectivity index (χ0v) is 23.9. The van der Waals surface area contributed by atoms with Gasteiger partial charge in [0.1, 0.15) is 0 Å². The maximum absolute atomic E-state index is 2.48. The lowest BCUT2D eigenvalue weighted by atomic mass is 9.79. The van der Waals surface area contributed by atoms with Crippen LogP contribution in [0.4, 0.5) is 0 Å². The fourth-order valence-electron chi connectivity index (χ4n) is 6.73. The molecule has 0 saturated carbocycles. The van der Waals surface area contributed by atoms with Crippen molar-refractivity contribution in [2.45, 2.75) is 47.0 Å². The molecule has 0 aromatic heterocycles. The molecule has 0 heterocycles. The lowest BCUT2D eigenvalue weighted by Gasteiger charge is -2.24. The van der Waals surface area contributed by atoms with Crippen molar-refractivity contribution in [1.82, 2.24) is 0 Å². The average Bonchev–Trinajstić information content (AvgIpc) is 3.23. The van der Waals surface area contributed by atoms with Crippen LogP contribution >= 0.6 is 0 Å². The van der Waals surface area contributed by atoms with Gasteiger partial charge in [-0.05, 0) is 100 Å². The van der Waals surface area contributed by atoms with Gasteiger partial charge in [-0.25, -0.2) is 0 Å².